The molecule has 0 unspecified atom stereocenters. The maximum absolute atomic E-state index is 5.82. The van der Waals surface area contributed by atoms with Crippen LogP contribution in [0.1, 0.15) is 51.7 Å². The van der Waals surface area contributed by atoms with Crippen LogP contribution in [0.4, 0.5) is 0 Å². The van der Waals surface area contributed by atoms with Gasteiger partial charge in [-0.25, -0.2) is 0 Å². The second-order valence-electron chi connectivity index (χ2n) is 6.41. The third-order valence-electron chi connectivity index (χ3n) is 3.17. The summed E-state index contributed by atoms with van der Waals surface area (Å²) in [7, 11) is 2.12. The molecule has 0 aromatic carbocycles. The Morgan fingerprint density at radius 2 is 1.94 bits per heavy atom. The van der Waals surface area contributed by atoms with Crippen molar-refractivity contribution in [3.8, 4) is 0 Å². The lowest BCUT2D eigenvalue weighted by molar-refractivity contribution is 0.242. The van der Waals surface area contributed by atoms with Crippen molar-refractivity contribution < 1.29 is 4.42 Å². The van der Waals surface area contributed by atoms with Crippen molar-refractivity contribution in [1.29, 1.82) is 0 Å². The lowest BCUT2D eigenvalue weighted by atomic mass is 10.1. The average Bonchev–Trinajstić information content (AvgIpc) is 2.54. The topological polar surface area (TPSA) is 28.4 Å². The number of rotatable bonds is 5. The highest BCUT2D eigenvalue weighted by atomic mass is 16.3. The van der Waals surface area contributed by atoms with Gasteiger partial charge in [0.15, 0.2) is 0 Å². The first-order chi connectivity index (χ1) is 8.19. The molecule has 0 radical (unpaired) electrons. The lowest BCUT2D eigenvalue weighted by Gasteiger charge is -2.20. The SMILES string of the molecule is Cc1oc(CN(C)C(C)C)cc1CNC(C)(C)C. The van der Waals surface area contributed by atoms with Gasteiger partial charge in [0.25, 0.3) is 0 Å². The minimum absolute atomic E-state index is 0.137. The monoisotopic (exact) mass is 252 g/mol. The summed E-state index contributed by atoms with van der Waals surface area (Å²) in [6.07, 6.45) is 0. The number of furan rings is 1. The van der Waals surface area contributed by atoms with E-state index < -0.39 is 0 Å². The summed E-state index contributed by atoms with van der Waals surface area (Å²) in [5.41, 5.74) is 1.40. The zero-order valence-electron chi connectivity index (χ0n) is 12.9. The van der Waals surface area contributed by atoms with Gasteiger partial charge in [0.05, 0.1) is 6.54 Å². The number of hydrogen-bond donors (Lipinski definition) is 1. The molecule has 1 rings (SSSR count). The third-order valence-corrected chi connectivity index (χ3v) is 3.17. The molecule has 1 aromatic heterocycles. The molecule has 0 fully saturated rings. The molecular formula is C15H28N2O. The van der Waals surface area contributed by atoms with Gasteiger partial charge in [0.1, 0.15) is 11.5 Å². The van der Waals surface area contributed by atoms with Crippen molar-refractivity contribution in [2.45, 2.75) is 66.2 Å². The van der Waals surface area contributed by atoms with Crippen molar-refractivity contribution in [2.75, 3.05) is 7.05 Å². The van der Waals surface area contributed by atoms with Gasteiger partial charge < -0.3 is 9.73 Å². The van der Waals surface area contributed by atoms with Crippen LogP contribution < -0.4 is 5.32 Å². The highest BCUT2D eigenvalue weighted by Crippen LogP contribution is 2.17. The van der Waals surface area contributed by atoms with E-state index in [1.807, 2.05) is 6.92 Å². The molecule has 0 aliphatic rings. The lowest BCUT2D eigenvalue weighted by Crippen LogP contribution is -2.35. The Kier molecular flexibility index (Phi) is 5.00. The quantitative estimate of drug-likeness (QED) is 0.871. The van der Waals surface area contributed by atoms with E-state index in [1.54, 1.807) is 0 Å². The molecule has 0 aliphatic carbocycles. The normalized spacial score (nSPS) is 12.7. The number of aryl methyl sites for hydroxylation is 1. The number of nitrogens with zero attached hydrogens (tertiary/aromatic N) is 1. The summed E-state index contributed by atoms with van der Waals surface area (Å²) in [5.74, 6) is 2.08. The summed E-state index contributed by atoms with van der Waals surface area (Å²) < 4.78 is 5.82. The number of nitrogens with one attached hydrogen (secondary N) is 1. The number of hydrogen-bond acceptors (Lipinski definition) is 3. The molecule has 3 nitrogen and oxygen atoms in total. The molecule has 1 heterocycles. The fourth-order valence-electron chi connectivity index (χ4n) is 1.63. The maximum Gasteiger partial charge on any atom is 0.118 e. The molecule has 18 heavy (non-hydrogen) atoms. The smallest absolute Gasteiger partial charge is 0.118 e. The van der Waals surface area contributed by atoms with Gasteiger partial charge in [-0.2, -0.15) is 0 Å². The largest absolute Gasteiger partial charge is 0.465 e. The van der Waals surface area contributed by atoms with E-state index in [9.17, 15) is 0 Å². The summed E-state index contributed by atoms with van der Waals surface area (Å²) in [4.78, 5) is 2.28. The van der Waals surface area contributed by atoms with Gasteiger partial charge in [-0.1, -0.05) is 0 Å². The molecule has 0 atom stereocenters. The van der Waals surface area contributed by atoms with Crippen molar-refractivity contribution >= 4 is 0 Å². The Balaban J connectivity index is 2.64. The molecule has 104 valence electrons. The van der Waals surface area contributed by atoms with Gasteiger partial charge in [0.2, 0.25) is 0 Å². The van der Waals surface area contributed by atoms with Crippen LogP contribution in [0.25, 0.3) is 0 Å². The van der Waals surface area contributed by atoms with Crippen LogP contribution in [0.5, 0.6) is 0 Å². The molecule has 0 bridgehead atoms. The predicted octanol–water partition coefficient (Wildman–Crippen LogP) is 3.32. The fraction of sp³-hybridized carbons (Fsp3) is 0.733. The summed E-state index contributed by atoms with van der Waals surface area (Å²) in [5, 5.41) is 3.49. The molecule has 1 N–H and O–H groups in total. The van der Waals surface area contributed by atoms with E-state index in [0.717, 1.165) is 24.6 Å². The molecule has 1 aromatic rings. The fourth-order valence-corrected chi connectivity index (χ4v) is 1.63. The van der Waals surface area contributed by atoms with Crippen LogP contribution >= 0.6 is 0 Å². The molecule has 0 aliphatic heterocycles. The Morgan fingerprint density at radius 1 is 1.33 bits per heavy atom. The minimum Gasteiger partial charge on any atom is -0.465 e. The molecule has 0 spiro atoms. The third kappa shape index (κ3) is 4.83. The Bertz CT molecular complexity index is 374. The zero-order valence-corrected chi connectivity index (χ0v) is 12.9. The Hall–Kier alpha value is -0.800. The van der Waals surface area contributed by atoms with Crippen LogP contribution in [0.15, 0.2) is 10.5 Å². The van der Waals surface area contributed by atoms with Crippen LogP contribution in [0.2, 0.25) is 0 Å². The first-order valence-corrected chi connectivity index (χ1v) is 6.72. The Morgan fingerprint density at radius 3 is 2.44 bits per heavy atom. The maximum atomic E-state index is 5.82. The molecular weight excluding hydrogens is 224 g/mol. The highest BCUT2D eigenvalue weighted by Gasteiger charge is 2.14. The molecule has 0 saturated heterocycles. The van der Waals surface area contributed by atoms with E-state index in [4.69, 9.17) is 4.42 Å². The first-order valence-electron chi connectivity index (χ1n) is 6.72. The molecule has 0 saturated carbocycles. The Labute approximate surface area is 112 Å². The van der Waals surface area contributed by atoms with E-state index in [0.29, 0.717) is 6.04 Å². The zero-order chi connectivity index (χ0) is 13.9. The van der Waals surface area contributed by atoms with Gasteiger partial charge in [0, 0.05) is 23.7 Å². The van der Waals surface area contributed by atoms with Crippen molar-refractivity contribution in [2.24, 2.45) is 0 Å². The van der Waals surface area contributed by atoms with Crippen molar-refractivity contribution in [3.63, 3.8) is 0 Å². The predicted molar refractivity (Wildman–Crippen MR) is 76.6 cm³/mol. The second-order valence-corrected chi connectivity index (χ2v) is 6.41. The van der Waals surface area contributed by atoms with E-state index in [-0.39, 0.29) is 5.54 Å². The highest BCUT2D eigenvalue weighted by molar-refractivity contribution is 5.21. The standard InChI is InChI=1S/C15H28N2O/c1-11(2)17(7)10-14-8-13(12(3)18-14)9-16-15(4,5)6/h8,11,16H,9-10H2,1-7H3. The van der Waals surface area contributed by atoms with E-state index in [1.165, 1.54) is 5.56 Å². The molecule has 0 amide bonds. The van der Waals surface area contributed by atoms with Crippen LogP contribution in [-0.2, 0) is 13.1 Å². The minimum atomic E-state index is 0.137. The molecule has 3 heteroatoms. The summed E-state index contributed by atoms with van der Waals surface area (Å²) in [6, 6.07) is 2.71. The van der Waals surface area contributed by atoms with E-state index >= 15 is 0 Å². The van der Waals surface area contributed by atoms with Gasteiger partial charge >= 0.3 is 0 Å². The first kappa shape index (κ1) is 15.3. The summed E-state index contributed by atoms with van der Waals surface area (Å²) in [6.45, 7) is 14.7. The van der Waals surface area contributed by atoms with E-state index in [2.05, 4.69) is 57.9 Å². The van der Waals surface area contributed by atoms with Crippen molar-refractivity contribution in [3.05, 3.63) is 23.2 Å². The van der Waals surface area contributed by atoms with Gasteiger partial charge in [-0.05, 0) is 54.7 Å². The van der Waals surface area contributed by atoms with Gasteiger partial charge in [-0.15, -0.1) is 0 Å². The average molecular weight is 252 g/mol. The summed E-state index contributed by atoms with van der Waals surface area (Å²) >= 11 is 0. The van der Waals surface area contributed by atoms with Crippen LogP contribution in [0, 0.1) is 6.92 Å². The van der Waals surface area contributed by atoms with Crippen LogP contribution in [0.3, 0.4) is 0 Å². The van der Waals surface area contributed by atoms with Gasteiger partial charge in [-0.3, -0.25) is 4.90 Å². The second kappa shape index (κ2) is 5.89. The van der Waals surface area contributed by atoms with Crippen LogP contribution in [-0.4, -0.2) is 23.5 Å². The van der Waals surface area contributed by atoms with Crippen molar-refractivity contribution in [1.82, 2.24) is 10.2 Å².